The lowest BCUT2D eigenvalue weighted by Gasteiger charge is -2.11. The van der Waals surface area contributed by atoms with E-state index in [0.29, 0.717) is 34.2 Å². The van der Waals surface area contributed by atoms with E-state index in [2.05, 4.69) is 36.3 Å². The summed E-state index contributed by atoms with van der Waals surface area (Å²) in [5.74, 6) is 1.57. The molecule has 0 fully saturated rings. The summed E-state index contributed by atoms with van der Waals surface area (Å²) in [4.78, 5) is 1.53. The van der Waals surface area contributed by atoms with Crippen LogP contribution in [-0.2, 0) is 13.0 Å². The number of rotatable bonds is 7. The standard InChI is InChI=1S/C21H16BrN5O4/c22-19-8-7-18(30-19)21-24-23-20(31-21)12-29-17-6-5-13(9-10-28)11-16(17)27-25-14-3-1-2-4-15(14)26-27/h1-8,11,28H,9-10,12H2. The van der Waals surface area contributed by atoms with Crippen LogP contribution in [0.4, 0.5) is 0 Å². The van der Waals surface area contributed by atoms with Gasteiger partial charge in [0.05, 0.1) is 0 Å². The molecule has 156 valence electrons. The predicted molar refractivity (Wildman–Crippen MR) is 114 cm³/mol. The lowest BCUT2D eigenvalue weighted by Crippen LogP contribution is -2.05. The highest BCUT2D eigenvalue weighted by atomic mass is 79.9. The number of hydrogen-bond donors (Lipinski definition) is 1. The second-order valence-electron chi connectivity index (χ2n) is 6.65. The van der Waals surface area contributed by atoms with Crippen LogP contribution in [0.2, 0.25) is 0 Å². The zero-order valence-electron chi connectivity index (χ0n) is 16.1. The van der Waals surface area contributed by atoms with E-state index >= 15 is 0 Å². The van der Waals surface area contributed by atoms with Gasteiger partial charge in [-0.1, -0.05) is 18.2 Å². The number of aromatic nitrogens is 5. The molecule has 0 aliphatic rings. The van der Waals surface area contributed by atoms with Gasteiger partial charge in [-0.15, -0.1) is 25.2 Å². The summed E-state index contributed by atoms with van der Waals surface area (Å²) in [5.41, 5.74) is 3.13. The van der Waals surface area contributed by atoms with Crippen molar-refractivity contribution in [3.05, 3.63) is 70.7 Å². The van der Waals surface area contributed by atoms with E-state index in [1.54, 1.807) is 12.1 Å². The molecule has 0 amide bonds. The fourth-order valence-electron chi connectivity index (χ4n) is 3.07. The van der Waals surface area contributed by atoms with Crippen molar-refractivity contribution in [3.8, 4) is 23.1 Å². The van der Waals surface area contributed by atoms with Gasteiger partial charge in [0.2, 0.25) is 0 Å². The third kappa shape index (κ3) is 4.07. The van der Waals surface area contributed by atoms with Gasteiger partial charge in [-0.3, -0.25) is 0 Å². The minimum atomic E-state index is 0.0435. The predicted octanol–water partition coefficient (Wildman–Crippen LogP) is 3.94. The summed E-state index contributed by atoms with van der Waals surface area (Å²) in [5, 5.41) is 26.4. The number of ether oxygens (including phenoxy) is 1. The van der Waals surface area contributed by atoms with Crippen molar-refractivity contribution in [2.24, 2.45) is 0 Å². The van der Waals surface area contributed by atoms with Gasteiger partial charge >= 0.3 is 0 Å². The van der Waals surface area contributed by atoms with Gasteiger partial charge in [-0.05, 0) is 64.3 Å². The number of furan rings is 1. The summed E-state index contributed by atoms with van der Waals surface area (Å²) in [6.45, 7) is 0.101. The number of fused-ring (bicyclic) bond motifs is 1. The summed E-state index contributed by atoms with van der Waals surface area (Å²) < 4.78 is 17.6. The molecule has 2 aromatic carbocycles. The lowest BCUT2D eigenvalue weighted by molar-refractivity contribution is 0.262. The van der Waals surface area contributed by atoms with Gasteiger partial charge in [-0.25, -0.2) is 0 Å². The van der Waals surface area contributed by atoms with Crippen LogP contribution in [0.5, 0.6) is 5.75 Å². The molecular formula is C21H16BrN5O4. The maximum Gasteiger partial charge on any atom is 0.283 e. The Morgan fingerprint density at radius 3 is 2.48 bits per heavy atom. The fourth-order valence-corrected chi connectivity index (χ4v) is 3.38. The van der Waals surface area contributed by atoms with Crippen molar-refractivity contribution in [2.75, 3.05) is 6.61 Å². The first-order valence-corrected chi connectivity index (χ1v) is 10.3. The minimum absolute atomic E-state index is 0.0435. The summed E-state index contributed by atoms with van der Waals surface area (Å²) in [6.07, 6.45) is 0.514. The molecule has 0 aliphatic carbocycles. The Morgan fingerprint density at radius 1 is 0.968 bits per heavy atom. The number of hydrogen-bond acceptors (Lipinski definition) is 8. The quantitative estimate of drug-likeness (QED) is 0.371. The maximum absolute atomic E-state index is 9.31. The van der Waals surface area contributed by atoms with Gasteiger partial charge in [0.25, 0.3) is 11.8 Å². The number of nitrogens with zero attached hydrogens (tertiary/aromatic N) is 5. The van der Waals surface area contributed by atoms with Crippen molar-refractivity contribution in [1.82, 2.24) is 25.2 Å². The van der Waals surface area contributed by atoms with Crippen LogP contribution in [0.15, 0.2) is 68.1 Å². The van der Waals surface area contributed by atoms with Gasteiger partial charge in [-0.2, -0.15) is 0 Å². The van der Waals surface area contributed by atoms with Crippen LogP contribution in [0.1, 0.15) is 11.5 Å². The monoisotopic (exact) mass is 481 g/mol. The van der Waals surface area contributed by atoms with Gasteiger partial charge < -0.3 is 18.7 Å². The topological polar surface area (TPSA) is 112 Å². The Bertz CT molecular complexity index is 1310. The Hall–Kier alpha value is -3.50. The van der Waals surface area contributed by atoms with Crippen LogP contribution in [0.25, 0.3) is 28.4 Å². The number of benzene rings is 2. The van der Waals surface area contributed by atoms with Crippen LogP contribution in [-0.4, -0.2) is 36.9 Å². The highest BCUT2D eigenvalue weighted by Crippen LogP contribution is 2.27. The van der Waals surface area contributed by atoms with Gasteiger partial charge in [0.15, 0.2) is 17.0 Å². The third-order valence-corrected chi connectivity index (χ3v) is 4.95. The van der Waals surface area contributed by atoms with E-state index in [0.717, 1.165) is 16.6 Å². The van der Waals surface area contributed by atoms with Crippen LogP contribution in [0, 0.1) is 0 Å². The van der Waals surface area contributed by atoms with Crippen molar-refractivity contribution in [1.29, 1.82) is 0 Å². The molecular weight excluding hydrogens is 466 g/mol. The second kappa shape index (κ2) is 8.32. The van der Waals surface area contributed by atoms with Crippen molar-refractivity contribution in [2.45, 2.75) is 13.0 Å². The Kier molecular flexibility index (Phi) is 5.23. The third-order valence-electron chi connectivity index (χ3n) is 4.53. The van der Waals surface area contributed by atoms with Crippen LogP contribution >= 0.6 is 15.9 Å². The molecule has 5 aromatic rings. The normalized spacial score (nSPS) is 11.3. The van der Waals surface area contributed by atoms with E-state index < -0.39 is 0 Å². The minimum Gasteiger partial charge on any atom is -0.481 e. The summed E-state index contributed by atoms with van der Waals surface area (Å²) in [6, 6.07) is 16.7. The Labute approximate surface area is 184 Å². The van der Waals surface area contributed by atoms with Crippen molar-refractivity contribution in [3.63, 3.8) is 0 Å². The zero-order valence-corrected chi connectivity index (χ0v) is 17.7. The summed E-state index contributed by atoms with van der Waals surface area (Å²) >= 11 is 3.25. The lowest BCUT2D eigenvalue weighted by atomic mass is 10.1. The number of aliphatic hydroxyl groups is 1. The molecule has 31 heavy (non-hydrogen) atoms. The first-order chi connectivity index (χ1) is 15.2. The Morgan fingerprint density at radius 2 is 1.77 bits per heavy atom. The largest absolute Gasteiger partial charge is 0.481 e. The molecule has 0 spiro atoms. The molecule has 9 nitrogen and oxygen atoms in total. The maximum atomic E-state index is 9.31. The number of halogens is 1. The second-order valence-corrected chi connectivity index (χ2v) is 7.43. The fraction of sp³-hybridized carbons (Fsp3) is 0.143. The zero-order chi connectivity index (χ0) is 21.2. The molecule has 10 heteroatoms. The van der Waals surface area contributed by atoms with Crippen LogP contribution < -0.4 is 4.74 Å². The average molecular weight is 482 g/mol. The van der Waals surface area contributed by atoms with E-state index in [1.165, 1.54) is 4.80 Å². The first kappa shape index (κ1) is 19.5. The molecule has 5 rings (SSSR count). The van der Waals surface area contributed by atoms with E-state index in [9.17, 15) is 5.11 Å². The Balaban J connectivity index is 1.43. The summed E-state index contributed by atoms with van der Waals surface area (Å²) in [7, 11) is 0. The van der Waals surface area contributed by atoms with E-state index in [4.69, 9.17) is 13.6 Å². The SMILES string of the molecule is OCCc1ccc(OCc2nnc(-c3ccc(Br)o3)o2)c(-n2nc3ccccc3n2)c1. The molecule has 3 aromatic heterocycles. The molecule has 0 bridgehead atoms. The van der Waals surface area contributed by atoms with Gasteiger partial charge in [0.1, 0.15) is 22.5 Å². The molecule has 0 radical (unpaired) electrons. The molecule has 0 saturated carbocycles. The van der Waals surface area contributed by atoms with Gasteiger partial charge in [0, 0.05) is 6.61 Å². The molecule has 1 N–H and O–H groups in total. The molecule has 0 atom stereocenters. The highest BCUT2D eigenvalue weighted by molar-refractivity contribution is 9.10. The molecule has 3 heterocycles. The average Bonchev–Trinajstić information content (AvgIpc) is 3.52. The van der Waals surface area contributed by atoms with E-state index in [1.807, 2.05) is 42.5 Å². The molecule has 0 saturated heterocycles. The highest BCUT2D eigenvalue weighted by Gasteiger charge is 2.15. The number of aliphatic hydroxyl groups excluding tert-OH is 1. The first-order valence-electron chi connectivity index (χ1n) is 9.47. The van der Waals surface area contributed by atoms with Crippen LogP contribution in [0.3, 0.4) is 0 Å². The molecule has 0 aliphatic heterocycles. The van der Waals surface area contributed by atoms with Crippen molar-refractivity contribution < 1.29 is 18.7 Å². The van der Waals surface area contributed by atoms with Crippen molar-refractivity contribution >= 4 is 27.0 Å². The van der Waals surface area contributed by atoms with E-state index in [-0.39, 0.29) is 19.1 Å². The smallest absolute Gasteiger partial charge is 0.283 e. The molecule has 0 unspecified atom stereocenters.